The lowest BCUT2D eigenvalue weighted by molar-refractivity contribution is -0.113. The lowest BCUT2D eigenvalue weighted by atomic mass is 10.0. The van der Waals surface area contributed by atoms with Crippen LogP contribution < -0.4 is 5.32 Å². The van der Waals surface area contributed by atoms with Crippen LogP contribution in [0.3, 0.4) is 0 Å². The van der Waals surface area contributed by atoms with Crippen LogP contribution in [0.15, 0.2) is 83.8 Å². The molecule has 0 saturated heterocycles. The molecular formula is C29H24FN3O3S3. The number of nitrogens with one attached hydrogen (secondary N) is 1. The van der Waals surface area contributed by atoms with Crippen LogP contribution >= 0.6 is 22.7 Å². The molecular weight excluding hydrogens is 554 g/mol. The number of sulfone groups is 1. The summed E-state index contributed by atoms with van der Waals surface area (Å²) >= 11 is 3.04. The number of fused-ring (bicyclic) bond motifs is 2. The number of thiophene rings is 1. The van der Waals surface area contributed by atoms with E-state index < -0.39 is 27.3 Å². The van der Waals surface area contributed by atoms with Gasteiger partial charge in [-0.15, -0.1) is 22.7 Å². The number of thiazole rings is 1. The minimum atomic E-state index is -3.94. The molecule has 3 aromatic carbocycles. The fourth-order valence-corrected chi connectivity index (χ4v) is 8.34. The number of hydrogen-bond acceptors (Lipinski definition) is 7. The summed E-state index contributed by atoms with van der Waals surface area (Å²) in [5, 5.41) is 4.31. The molecule has 1 N–H and O–H groups in total. The number of carbonyl (C=O) groups is 1. The Morgan fingerprint density at radius 3 is 2.49 bits per heavy atom. The standard InChI is InChI=1S/C29H24FN3O3S3/c30-20-10-12-21(13-11-20)39(35,36)18-26(34)32-29-27(28-31-23-8-4-5-9-24(23)37-28)22-14-15-33(17-25(22)38-29)16-19-6-2-1-3-7-19/h1-13H,14-18H2,(H,32,34). The van der Waals surface area contributed by atoms with E-state index in [9.17, 15) is 17.6 Å². The monoisotopic (exact) mass is 577 g/mol. The Morgan fingerprint density at radius 1 is 0.974 bits per heavy atom. The molecule has 0 aliphatic carbocycles. The molecule has 0 fully saturated rings. The molecule has 0 spiro atoms. The third-order valence-electron chi connectivity index (χ3n) is 6.64. The van der Waals surface area contributed by atoms with E-state index in [-0.39, 0.29) is 4.90 Å². The number of anilines is 1. The Bertz CT molecular complexity index is 1730. The van der Waals surface area contributed by atoms with Crippen molar-refractivity contribution in [2.24, 2.45) is 0 Å². The van der Waals surface area contributed by atoms with Crippen molar-refractivity contribution in [3.05, 3.63) is 101 Å². The highest BCUT2D eigenvalue weighted by Crippen LogP contribution is 2.45. The summed E-state index contributed by atoms with van der Waals surface area (Å²) in [6, 6.07) is 22.7. The van der Waals surface area contributed by atoms with Gasteiger partial charge in [-0.3, -0.25) is 9.69 Å². The van der Waals surface area contributed by atoms with Gasteiger partial charge in [0, 0.05) is 30.1 Å². The maximum atomic E-state index is 13.3. The van der Waals surface area contributed by atoms with Crippen LogP contribution in [0.5, 0.6) is 0 Å². The zero-order valence-corrected chi connectivity index (χ0v) is 23.2. The molecule has 1 aliphatic rings. The van der Waals surface area contributed by atoms with Crippen molar-refractivity contribution in [2.45, 2.75) is 24.4 Å². The summed E-state index contributed by atoms with van der Waals surface area (Å²) in [6.45, 7) is 2.42. The molecule has 0 saturated carbocycles. The van der Waals surface area contributed by atoms with Crippen molar-refractivity contribution in [1.82, 2.24) is 9.88 Å². The van der Waals surface area contributed by atoms with E-state index in [0.717, 1.165) is 69.4 Å². The fraction of sp³-hybridized carbons (Fsp3) is 0.172. The molecule has 0 unspecified atom stereocenters. The van der Waals surface area contributed by atoms with Crippen molar-refractivity contribution < 1.29 is 17.6 Å². The molecule has 198 valence electrons. The molecule has 2 aromatic heterocycles. The largest absolute Gasteiger partial charge is 0.316 e. The van der Waals surface area contributed by atoms with Crippen molar-refractivity contribution >= 4 is 53.6 Å². The molecule has 10 heteroatoms. The van der Waals surface area contributed by atoms with E-state index in [4.69, 9.17) is 4.98 Å². The Balaban J connectivity index is 1.31. The third kappa shape index (κ3) is 5.51. The summed E-state index contributed by atoms with van der Waals surface area (Å²) in [6.07, 6.45) is 0.799. The third-order valence-corrected chi connectivity index (χ3v) is 10.5. The summed E-state index contributed by atoms with van der Waals surface area (Å²) in [5.41, 5.74) is 4.15. The smallest absolute Gasteiger partial charge is 0.240 e. The Labute approximate surface area is 233 Å². The molecule has 6 nitrogen and oxygen atoms in total. The van der Waals surface area contributed by atoms with Gasteiger partial charge in [-0.2, -0.15) is 0 Å². The summed E-state index contributed by atoms with van der Waals surface area (Å²) in [7, 11) is -3.94. The Kier molecular flexibility index (Phi) is 7.03. The van der Waals surface area contributed by atoms with Gasteiger partial charge in [-0.25, -0.2) is 17.8 Å². The lowest BCUT2D eigenvalue weighted by Crippen LogP contribution is -2.29. The molecule has 0 atom stereocenters. The summed E-state index contributed by atoms with van der Waals surface area (Å²) in [5.74, 6) is -1.91. The first-order chi connectivity index (χ1) is 18.9. The van der Waals surface area contributed by atoms with Gasteiger partial charge in [-0.05, 0) is 53.9 Å². The van der Waals surface area contributed by atoms with Crippen molar-refractivity contribution in [2.75, 3.05) is 17.6 Å². The highest BCUT2D eigenvalue weighted by atomic mass is 32.2. The van der Waals surface area contributed by atoms with E-state index in [1.54, 1.807) is 11.3 Å². The predicted octanol–water partition coefficient (Wildman–Crippen LogP) is 6.13. The van der Waals surface area contributed by atoms with Gasteiger partial charge in [0.25, 0.3) is 0 Å². The highest BCUT2D eigenvalue weighted by molar-refractivity contribution is 7.92. The van der Waals surface area contributed by atoms with Crippen LogP contribution in [0.25, 0.3) is 20.8 Å². The number of para-hydroxylation sites is 1. The van der Waals surface area contributed by atoms with Crippen LogP contribution in [0.4, 0.5) is 9.39 Å². The van der Waals surface area contributed by atoms with Crippen molar-refractivity contribution in [1.29, 1.82) is 0 Å². The number of amides is 1. The van der Waals surface area contributed by atoms with E-state index in [1.165, 1.54) is 29.0 Å². The van der Waals surface area contributed by atoms with Crippen molar-refractivity contribution in [3.8, 4) is 10.6 Å². The average Bonchev–Trinajstić information content (AvgIpc) is 3.49. The molecule has 6 rings (SSSR count). The van der Waals surface area contributed by atoms with Gasteiger partial charge in [0.2, 0.25) is 5.91 Å². The molecule has 1 aliphatic heterocycles. The van der Waals surface area contributed by atoms with E-state index in [1.807, 2.05) is 42.5 Å². The lowest BCUT2D eigenvalue weighted by Gasteiger charge is -2.27. The van der Waals surface area contributed by atoms with Crippen LogP contribution in [0.2, 0.25) is 0 Å². The number of benzene rings is 3. The second-order valence-electron chi connectivity index (χ2n) is 9.40. The number of aromatic nitrogens is 1. The zero-order valence-electron chi connectivity index (χ0n) is 20.8. The van der Waals surface area contributed by atoms with Crippen LogP contribution in [0.1, 0.15) is 16.0 Å². The normalized spacial score (nSPS) is 13.9. The second kappa shape index (κ2) is 10.6. The molecule has 39 heavy (non-hydrogen) atoms. The first kappa shape index (κ1) is 25.8. The van der Waals surface area contributed by atoms with Gasteiger partial charge >= 0.3 is 0 Å². The quantitative estimate of drug-likeness (QED) is 0.235. The molecule has 1 amide bonds. The van der Waals surface area contributed by atoms with Crippen LogP contribution in [0, 0.1) is 5.82 Å². The van der Waals surface area contributed by atoms with Crippen molar-refractivity contribution in [3.63, 3.8) is 0 Å². The Morgan fingerprint density at radius 2 is 1.72 bits per heavy atom. The van der Waals surface area contributed by atoms with E-state index in [2.05, 4.69) is 22.3 Å². The van der Waals surface area contributed by atoms with Gasteiger partial charge in [-0.1, -0.05) is 42.5 Å². The van der Waals surface area contributed by atoms with E-state index in [0.29, 0.717) is 5.00 Å². The fourth-order valence-electron chi connectivity index (χ4n) is 4.79. The number of rotatable bonds is 7. The summed E-state index contributed by atoms with van der Waals surface area (Å²) in [4.78, 5) is 21.3. The number of nitrogens with zero attached hydrogens (tertiary/aromatic N) is 2. The topological polar surface area (TPSA) is 79.4 Å². The van der Waals surface area contributed by atoms with Crippen LogP contribution in [-0.4, -0.2) is 36.5 Å². The average molecular weight is 578 g/mol. The van der Waals surface area contributed by atoms with E-state index >= 15 is 0 Å². The molecule has 3 heterocycles. The SMILES string of the molecule is O=C(CS(=O)(=O)c1ccc(F)cc1)Nc1sc2c(c1-c1nc3ccccc3s1)CCN(Cc1ccccc1)C2. The molecule has 0 radical (unpaired) electrons. The minimum absolute atomic E-state index is 0.0903. The number of halogens is 1. The van der Waals surface area contributed by atoms with Gasteiger partial charge in [0.15, 0.2) is 9.84 Å². The summed E-state index contributed by atoms with van der Waals surface area (Å²) < 4.78 is 40.0. The first-order valence-electron chi connectivity index (χ1n) is 12.4. The number of carbonyl (C=O) groups excluding carboxylic acids is 1. The molecule has 5 aromatic rings. The first-order valence-corrected chi connectivity index (χ1v) is 15.7. The van der Waals surface area contributed by atoms with Crippen LogP contribution in [-0.2, 0) is 34.1 Å². The number of hydrogen-bond donors (Lipinski definition) is 1. The van der Waals surface area contributed by atoms with Gasteiger partial charge < -0.3 is 5.32 Å². The maximum Gasteiger partial charge on any atom is 0.240 e. The Hall–Kier alpha value is -3.44. The highest BCUT2D eigenvalue weighted by Gasteiger charge is 2.29. The molecule has 0 bridgehead atoms. The maximum absolute atomic E-state index is 13.3. The van der Waals surface area contributed by atoms with Gasteiger partial charge in [0.1, 0.15) is 21.6 Å². The predicted molar refractivity (Wildman–Crippen MR) is 154 cm³/mol. The zero-order chi connectivity index (χ0) is 27.0. The van der Waals surface area contributed by atoms with Gasteiger partial charge in [0.05, 0.1) is 15.1 Å². The minimum Gasteiger partial charge on any atom is -0.316 e. The second-order valence-corrected chi connectivity index (χ2v) is 13.5.